The van der Waals surface area contributed by atoms with E-state index in [1.165, 1.54) is 69.9 Å². The molecule has 0 radical (unpaired) electrons. The van der Waals surface area contributed by atoms with Crippen molar-refractivity contribution >= 4 is 58.8 Å². The molecule has 4 aromatic rings. The molecule has 0 amide bonds. The van der Waals surface area contributed by atoms with Gasteiger partial charge in [0.2, 0.25) is 0 Å². The number of carbonyl (C=O) groups is 4. The fourth-order valence-electron chi connectivity index (χ4n) is 9.61. The van der Waals surface area contributed by atoms with E-state index in [-0.39, 0.29) is 48.8 Å². The van der Waals surface area contributed by atoms with Crippen LogP contribution in [-0.2, 0) is 28.7 Å². The van der Waals surface area contributed by atoms with Crippen molar-refractivity contribution in [3.8, 4) is 11.5 Å². The van der Waals surface area contributed by atoms with Crippen LogP contribution in [0.25, 0.3) is 12.2 Å². The van der Waals surface area contributed by atoms with E-state index in [1.807, 2.05) is 62.4 Å². The third kappa shape index (κ3) is 20.8. The van der Waals surface area contributed by atoms with Gasteiger partial charge in [-0.25, -0.2) is 9.59 Å². The zero-order chi connectivity index (χ0) is 52.5. The second-order valence-corrected chi connectivity index (χ2v) is 20.4. The zero-order valence-electron chi connectivity index (χ0n) is 43.9. The summed E-state index contributed by atoms with van der Waals surface area (Å²) in [6.45, 7) is 8.81. The van der Waals surface area contributed by atoms with E-state index >= 15 is 0 Å². The second kappa shape index (κ2) is 30.5. The number of benzene rings is 4. The largest absolute Gasteiger partial charge is 0.462 e. The summed E-state index contributed by atoms with van der Waals surface area (Å²) in [5, 5.41) is 0. The van der Waals surface area contributed by atoms with Crippen LogP contribution in [0.1, 0.15) is 171 Å². The first-order valence-electron chi connectivity index (χ1n) is 26.8. The van der Waals surface area contributed by atoms with Crippen molar-refractivity contribution in [3.63, 3.8) is 0 Å². The van der Waals surface area contributed by atoms with Crippen LogP contribution in [0, 0.1) is 23.7 Å². The molecule has 0 bridgehead atoms. The third-order valence-electron chi connectivity index (χ3n) is 14.2. The van der Waals surface area contributed by atoms with Crippen molar-refractivity contribution < 1.29 is 38.1 Å². The fraction of sp³-hybridized carbons (Fsp3) is 0.475. The maximum atomic E-state index is 12.6. The minimum atomic E-state index is -0.431. The SMILES string of the molecule is CCCCCC1CCC(C(=O)Oc2ccc(/C=C/C(=O)OCC(C)c3cc(N)cc(N)c3)cc2)CC1.CCCCCCC1CCC(C(=O)Oc2ccc(/C=C/C(=O)OCC(C)c3cc(N)cc(N)c3)cc2)CC1. The van der Waals surface area contributed by atoms with Crippen LogP contribution in [0.2, 0.25) is 0 Å². The monoisotopic (exact) mass is 999 g/mol. The summed E-state index contributed by atoms with van der Waals surface area (Å²) in [6, 6.07) is 25.0. The minimum absolute atomic E-state index is 0.00655. The summed E-state index contributed by atoms with van der Waals surface area (Å²) < 4.78 is 22.0. The number of rotatable bonds is 23. The van der Waals surface area contributed by atoms with Gasteiger partial charge in [-0.3, -0.25) is 9.59 Å². The van der Waals surface area contributed by atoms with Crippen LogP contribution in [0.5, 0.6) is 11.5 Å². The molecule has 2 atom stereocenters. The third-order valence-corrected chi connectivity index (χ3v) is 14.2. The molecular weight excluding hydrogens is 917 g/mol. The molecule has 4 aromatic carbocycles. The first-order valence-corrected chi connectivity index (χ1v) is 26.8. The highest BCUT2D eigenvalue weighted by molar-refractivity contribution is 5.87. The quantitative estimate of drug-likeness (QED) is 0.0180. The normalized spacial score (nSPS) is 18.5. The lowest BCUT2D eigenvalue weighted by atomic mass is 9.80. The molecule has 0 aliphatic heterocycles. The lowest BCUT2D eigenvalue weighted by Gasteiger charge is -2.27. The Morgan fingerprint density at radius 3 is 1.19 bits per heavy atom. The molecule has 12 nitrogen and oxygen atoms in total. The standard InChI is InChI=1S/C31H42N2O4.C30H40N2O4/c1-3-4-5-6-7-23-8-13-25(14-9-23)31(35)37-29-15-10-24(11-16-29)12-17-30(34)36-21-22(2)26-18-27(32)20-28(33)19-26;1-3-4-5-6-22-7-12-24(13-8-22)30(34)36-28-14-9-23(10-15-28)11-16-29(33)35-20-21(2)25-17-26(31)19-27(32)18-25/h10-12,15-20,22-23,25H,3-9,13-14,21,32-33H2,1-2H3;9-11,14-19,21-22,24H,3-8,12-13,20,31-32H2,1-2H3/b17-12+;16-11+. The molecule has 12 heteroatoms. The number of anilines is 4. The number of unbranched alkanes of at least 4 members (excludes halogenated alkanes) is 5. The van der Waals surface area contributed by atoms with E-state index in [2.05, 4.69) is 13.8 Å². The average molecular weight is 999 g/mol. The molecule has 2 saturated carbocycles. The van der Waals surface area contributed by atoms with Gasteiger partial charge in [0.25, 0.3) is 0 Å². The maximum absolute atomic E-state index is 12.6. The van der Waals surface area contributed by atoms with Crippen LogP contribution < -0.4 is 32.4 Å². The first kappa shape index (κ1) is 57.3. The highest BCUT2D eigenvalue weighted by Crippen LogP contribution is 2.35. The van der Waals surface area contributed by atoms with Gasteiger partial charge in [0.15, 0.2) is 0 Å². The smallest absolute Gasteiger partial charge is 0.330 e. The molecule has 73 heavy (non-hydrogen) atoms. The Balaban J connectivity index is 0.000000271. The van der Waals surface area contributed by atoms with Crippen molar-refractivity contribution in [1.82, 2.24) is 0 Å². The number of hydrogen-bond acceptors (Lipinski definition) is 12. The molecule has 2 fully saturated rings. The number of esters is 4. The van der Waals surface area contributed by atoms with Crippen molar-refractivity contribution in [2.45, 2.75) is 149 Å². The number of nitrogens with two attached hydrogens (primary N) is 4. The van der Waals surface area contributed by atoms with Crippen LogP contribution >= 0.6 is 0 Å². The molecule has 0 aromatic heterocycles. The molecule has 394 valence electrons. The molecule has 2 aliphatic rings. The number of carbonyl (C=O) groups excluding carboxylic acids is 4. The Kier molecular flexibility index (Phi) is 23.9. The lowest BCUT2D eigenvalue weighted by molar-refractivity contribution is -0.141. The lowest BCUT2D eigenvalue weighted by Crippen LogP contribution is -2.25. The highest BCUT2D eigenvalue weighted by Gasteiger charge is 2.29. The van der Waals surface area contributed by atoms with E-state index in [4.69, 9.17) is 41.9 Å². The molecule has 2 aliphatic carbocycles. The summed E-state index contributed by atoms with van der Waals surface area (Å²) in [5.74, 6) is 1.38. The summed E-state index contributed by atoms with van der Waals surface area (Å²) in [4.78, 5) is 49.5. The molecule has 0 saturated heterocycles. The van der Waals surface area contributed by atoms with Crippen LogP contribution in [0.4, 0.5) is 22.7 Å². The van der Waals surface area contributed by atoms with Crippen molar-refractivity contribution in [2.75, 3.05) is 36.1 Å². The summed E-state index contributed by atoms with van der Waals surface area (Å²) >= 11 is 0. The van der Waals surface area contributed by atoms with Crippen LogP contribution in [0.3, 0.4) is 0 Å². The second-order valence-electron chi connectivity index (χ2n) is 20.4. The van der Waals surface area contributed by atoms with E-state index in [0.717, 1.165) is 85.5 Å². The summed E-state index contributed by atoms with van der Waals surface area (Å²) in [7, 11) is 0. The predicted molar refractivity (Wildman–Crippen MR) is 295 cm³/mol. The Bertz CT molecular complexity index is 2360. The zero-order valence-corrected chi connectivity index (χ0v) is 43.9. The summed E-state index contributed by atoms with van der Waals surface area (Å²) in [6.07, 6.45) is 26.0. The van der Waals surface area contributed by atoms with E-state index in [1.54, 1.807) is 48.6 Å². The van der Waals surface area contributed by atoms with Gasteiger partial charge in [0, 0.05) is 46.7 Å². The molecule has 0 heterocycles. The Morgan fingerprint density at radius 2 is 0.836 bits per heavy atom. The van der Waals surface area contributed by atoms with Crippen LogP contribution in [0.15, 0.2) is 97.1 Å². The van der Waals surface area contributed by atoms with E-state index in [0.29, 0.717) is 34.2 Å². The molecule has 2 unspecified atom stereocenters. The molecule has 0 spiro atoms. The van der Waals surface area contributed by atoms with Crippen molar-refractivity contribution in [3.05, 3.63) is 119 Å². The Morgan fingerprint density at radius 1 is 0.493 bits per heavy atom. The topological polar surface area (TPSA) is 209 Å². The molecule has 8 N–H and O–H groups in total. The van der Waals surface area contributed by atoms with Gasteiger partial charge in [0.1, 0.15) is 11.5 Å². The number of nitrogen functional groups attached to an aromatic ring is 4. The maximum Gasteiger partial charge on any atom is 0.330 e. The Labute approximate surface area is 434 Å². The van der Waals surface area contributed by atoms with Crippen molar-refractivity contribution in [2.24, 2.45) is 23.7 Å². The Hall–Kier alpha value is -6.56. The number of hydrogen-bond donors (Lipinski definition) is 4. The van der Waals surface area contributed by atoms with Gasteiger partial charge in [-0.2, -0.15) is 0 Å². The van der Waals surface area contributed by atoms with Gasteiger partial charge in [-0.1, -0.05) is 110 Å². The fourth-order valence-corrected chi connectivity index (χ4v) is 9.61. The van der Waals surface area contributed by atoms with Crippen molar-refractivity contribution in [1.29, 1.82) is 0 Å². The summed E-state index contributed by atoms with van der Waals surface area (Å²) in [5.41, 5.74) is 29.2. The van der Waals surface area contributed by atoms with Gasteiger partial charge in [-0.15, -0.1) is 0 Å². The highest BCUT2D eigenvalue weighted by atomic mass is 16.5. The van der Waals surface area contributed by atoms with Gasteiger partial charge >= 0.3 is 23.9 Å². The van der Waals surface area contributed by atoms with E-state index in [9.17, 15) is 19.2 Å². The van der Waals surface area contributed by atoms with Gasteiger partial charge < -0.3 is 41.9 Å². The average Bonchev–Trinajstić information content (AvgIpc) is 3.38. The predicted octanol–water partition coefficient (Wildman–Crippen LogP) is 13.4. The van der Waals surface area contributed by atoms with Crippen LogP contribution in [-0.4, -0.2) is 37.1 Å². The van der Waals surface area contributed by atoms with E-state index < -0.39 is 11.9 Å². The molecular formula is C61H82N4O8. The number of ether oxygens (including phenoxy) is 4. The molecule has 6 rings (SSSR count). The first-order chi connectivity index (χ1) is 35.2. The van der Waals surface area contributed by atoms with Gasteiger partial charge in [0.05, 0.1) is 25.0 Å². The minimum Gasteiger partial charge on any atom is -0.462 e. The van der Waals surface area contributed by atoms with Gasteiger partial charge in [-0.05, 0) is 158 Å².